The molecule has 0 radical (unpaired) electrons. The van der Waals surface area contributed by atoms with Crippen molar-refractivity contribution in [2.24, 2.45) is 5.92 Å². The van der Waals surface area contributed by atoms with E-state index in [9.17, 15) is 14.7 Å². The number of amides is 1. The molecular weight excluding hydrogens is 220 g/mol. The molecule has 2 aliphatic heterocycles. The molecule has 5 nitrogen and oxygen atoms in total. The summed E-state index contributed by atoms with van der Waals surface area (Å²) in [6, 6.07) is -0.0512. The van der Waals surface area contributed by atoms with Gasteiger partial charge in [-0.3, -0.25) is 14.5 Å². The van der Waals surface area contributed by atoms with Crippen LogP contribution in [0.2, 0.25) is 0 Å². The number of carboxylic acids is 1. The van der Waals surface area contributed by atoms with Gasteiger partial charge >= 0.3 is 5.97 Å². The molecule has 5 heteroatoms. The average Bonchev–Trinajstić information content (AvgIpc) is 3.04. The van der Waals surface area contributed by atoms with Crippen LogP contribution >= 0.6 is 0 Å². The van der Waals surface area contributed by atoms with E-state index >= 15 is 0 Å². The van der Waals surface area contributed by atoms with Crippen LogP contribution < -0.4 is 0 Å². The molecule has 2 unspecified atom stereocenters. The van der Waals surface area contributed by atoms with E-state index in [1.165, 1.54) is 0 Å². The Kier molecular flexibility index (Phi) is 2.58. The maximum Gasteiger partial charge on any atom is 0.321 e. The highest BCUT2D eigenvalue weighted by Crippen LogP contribution is 2.37. The van der Waals surface area contributed by atoms with Crippen LogP contribution in [0.15, 0.2) is 0 Å². The molecule has 3 fully saturated rings. The molecule has 1 saturated carbocycles. The van der Waals surface area contributed by atoms with Crippen molar-refractivity contribution in [3.8, 4) is 0 Å². The lowest BCUT2D eigenvalue weighted by Crippen LogP contribution is -2.56. The number of piperazine rings is 1. The van der Waals surface area contributed by atoms with Gasteiger partial charge in [-0.05, 0) is 25.2 Å². The second-order valence-corrected chi connectivity index (χ2v) is 5.40. The Hall–Kier alpha value is -1.10. The van der Waals surface area contributed by atoms with Crippen LogP contribution in [0.3, 0.4) is 0 Å². The number of fused-ring (bicyclic) bond motifs is 1. The smallest absolute Gasteiger partial charge is 0.321 e. The van der Waals surface area contributed by atoms with Gasteiger partial charge in [-0.25, -0.2) is 0 Å². The minimum Gasteiger partial charge on any atom is -0.480 e. The van der Waals surface area contributed by atoms with Gasteiger partial charge in [0.05, 0.1) is 0 Å². The minimum absolute atomic E-state index is 0.243. The third-order valence-electron chi connectivity index (χ3n) is 4.24. The Bertz CT molecular complexity index is 354. The molecule has 2 saturated heterocycles. The Morgan fingerprint density at radius 3 is 2.71 bits per heavy atom. The summed E-state index contributed by atoms with van der Waals surface area (Å²) in [5.74, 6) is -0.102. The SMILES string of the molecule is O=C(O)C(C1CC1)N1CCN2C(=O)CCC2C1. The molecule has 0 spiro atoms. The van der Waals surface area contributed by atoms with Gasteiger partial charge in [0.1, 0.15) is 6.04 Å². The first-order chi connectivity index (χ1) is 8.16. The van der Waals surface area contributed by atoms with Crippen molar-refractivity contribution in [2.45, 2.75) is 37.8 Å². The molecule has 1 N–H and O–H groups in total. The van der Waals surface area contributed by atoms with Crippen molar-refractivity contribution in [3.05, 3.63) is 0 Å². The highest BCUT2D eigenvalue weighted by atomic mass is 16.4. The number of hydrogen-bond acceptors (Lipinski definition) is 3. The fourth-order valence-corrected chi connectivity index (χ4v) is 3.21. The number of carboxylic acid groups (broad SMARTS) is 1. The molecule has 94 valence electrons. The summed E-state index contributed by atoms with van der Waals surface area (Å²) in [6.07, 6.45) is 3.62. The van der Waals surface area contributed by atoms with Crippen molar-refractivity contribution in [3.63, 3.8) is 0 Å². The fraction of sp³-hybridized carbons (Fsp3) is 0.833. The number of rotatable bonds is 3. The minimum atomic E-state index is -0.690. The molecule has 1 amide bonds. The van der Waals surface area contributed by atoms with Gasteiger partial charge in [0.25, 0.3) is 0 Å². The Labute approximate surface area is 100 Å². The monoisotopic (exact) mass is 238 g/mol. The molecule has 0 aromatic carbocycles. The molecule has 17 heavy (non-hydrogen) atoms. The van der Waals surface area contributed by atoms with E-state index in [4.69, 9.17) is 0 Å². The van der Waals surface area contributed by atoms with Crippen LogP contribution in [-0.2, 0) is 9.59 Å². The third kappa shape index (κ3) is 1.92. The molecule has 3 rings (SSSR count). The van der Waals surface area contributed by atoms with E-state index in [1.54, 1.807) is 0 Å². The first-order valence-electron chi connectivity index (χ1n) is 6.43. The number of hydrogen-bond donors (Lipinski definition) is 1. The predicted octanol–water partition coefficient (Wildman–Crippen LogP) is 0.156. The van der Waals surface area contributed by atoms with Crippen molar-refractivity contribution in [1.29, 1.82) is 0 Å². The molecular formula is C12H18N2O3. The fourth-order valence-electron chi connectivity index (χ4n) is 3.21. The molecule has 2 heterocycles. The number of carbonyl (C=O) groups is 2. The largest absolute Gasteiger partial charge is 0.480 e. The summed E-state index contributed by atoms with van der Waals surface area (Å²) in [6.45, 7) is 2.18. The van der Waals surface area contributed by atoms with E-state index in [0.717, 1.165) is 32.4 Å². The van der Waals surface area contributed by atoms with Crippen molar-refractivity contribution in [1.82, 2.24) is 9.80 Å². The van der Waals surface area contributed by atoms with E-state index in [2.05, 4.69) is 4.90 Å². The van der Waals surface area contributed by atoms with E-state index in [1.807, 2.05) is 4.90 Å². The molecule has 2 atom stereocenters. The van der Waals surface area contributed by atoms with Gasteiger partial charge < -0.3 is 10.0 Å². The van der Waals surface area contributed by atoms with E-state index < -0.39 is 5.97 Å². The van der Waals surface area contributed by atoms with Gasteiger partial charge in [-0.1, -0.05) is 0 Å². The molecule has 3 aliphatic rings. The highest BCUT2D eigenvalue weighted by molar-refractivity contribution is 5.79. The first kappa shape index (κ1) is 11.0. The maximum atomic E-state index is 11.6. The Morgan fingerprint density at radius 2 is 2.06 bits per heavy atom. The van der Waals surface area contributed by atoms with Crippen LogP contribution in [0.25, 0.3) is 0 Å². The summed E-state index contributed by atoms with van der Waals surface area (Å²) >= 11 is 0. The van der Waals surface area contributed by atoms with Crippen molar-refractivity contribution >= 4 is 11.9 Å². The zero-order valence-corrected chi connectivity index (χ0v) is 9.84. The van der Waals surface area contributed by atoms with Gasteiger partial charge in [-0.15, -0.1) is 0 Å². The average molecular weight is 238 g/mol. The predicted molar refractivity (Wildman–Crippen MR) is 60.5 cm³/mol. The lowest BCUT2D eigenvalue weighted by molar-refractivity contribution is -0.146. The number of aliphatic carboxylic acids is 1. The van der Waals surface area contributed by atoms with Gasteiger partial charge in [0, 0.05) is 32.1 Å². The lowest BCUT2D eigenvalue weighted by atomic mass is 10.1. The van der Waals surface area contributed by atoms with Crippen LogP contribution in [0.4, 0.5) is 0 Å². The summed E-state index contributed by atoms with van der Waals surface area (Å²) in [5.41, 5.74) is 0. The summed E-state index contributed by atoms with van der Waals surface area (Å²) in [7, 11) is 0. The summed E-state index contributed by atoms with van der Waals surface area (Å²) in [5, 5.41) is 9.31. The van der Waals surface area contributed by atoms with Gasteiger partial charge in [0.2, 0.25) is 5.91 Å². The standard InChI is InChI=1S/C12H18N2O3/c15-10-4-3-9-7-13(5-6-14(9)10)11(12(16)17)8-1-2-8/h8-9,11H,1-7H2,(H,16,17). The second kappa shape index (κ2) is 3.98. The quantitative estimate of drug-likeness (QED) is 0.760. The summed E-state index contributed by atoms with van der Waals surface area (Å²) in [4.78, 5) is 26.9. The van der Waals surface area contributed by atoms with Crippen LogP contribution in [0.1, 0.15) is 25.7 Å². The molecule has 1 aliphatic carbocycles. The van der Waals surface area contributed by atoms with Crippen molar-refractivity contribution in [2.75, 3.05) is 19.6 Å². The van der Waals surface area contributed by atoms with Crippen molar-refractivity contribution < 1.29 is 14.7 Å². The summed E-state index contributed by atoms with van der Waals surface area (Å²) < 4.78 is 0. The third-order valence-corrected chi connectivity index (χ3v) is 4.24. The van der Waals surface area contributed by atoms with Gasteiger partial charge in [-0.2, -0.15) is 0 Å². The van der Waals surface area contributed by atoms with Crippen LogP contribution in [0, 0.1) is 5.92 Å². The topological polar surface area (TPSA) is 60.9 Å². The zero-order chi connectivity index (χ0) is 12.0. The Balaban J connectivity index is 1.69. The molecule has 0 bridgehead atoms. The van der Waals surface area contributed by atoms with Gasteiger partial charge in [0.15, 0.2) is 0 Å². The lowest BCUT2D eigenvalue weighted by Gasteiger charge is -2.40. The number of carbonyl (C=O) groups excluding carboxylic acids is 1. The Morgan fingerprint density at radius 1 is 1.29 bits per heavy atom. The maximum absolute atomic E-state index is 11.6. The highest BCUT2D eigenvalue weighted by Gasteiger charge is 2.44. The normalized spacial score (nSPS) is 31.4. The van der Waals surface area contributed by atoms with Crippen LogP contribution in [-0.4, -0.2) is 58.5 Å². The number of nitrogens with zero attached hydrogens (tertiary/aromatic N) is 2. The molecule has 0 aromatic heterocycles. The van der Waals surface area contributed by atoms with Crippen LogP contribution in [0.5, 0.6) is 0 Å². The van der Waals surface area contributed by atoms with E-state index in [0.29, 0.717) is 18.9 Å². The zero-order valence-electron chi connectivity index (χ0n) is 9.84. The first-order valence-corrected chi connectivity index (χ1v) is 6.43. The molecule has 0 aromatic rings. The van der Waals surface area contributed by atoms with E-state index in [-0.39, 0.29) is 18.0 Å². The second-order valence-electron chi connectivity index (χ2n) is 5.40.